The van der Waals surface area contributed by atoms with Gasteiger partial charge in [0.15, 0.2) is 24.1 Å². The highest BCUT2D eigenvalue weighted by atomic mass is 35.5. The molecular weight excluding hydrogens is 1250 g/mol. The van der Waals surface area contributed by atoms with Gasteiger partial charge in [0.2, 0.25) is 24.2 Å². The highest BCUT2D eigenvalue weighted by Gasteiger charge is 2.57. The number of ether oxygens (including phenoxy) is 10. The first-order valence-electron chi connectivity index (χ1n) is 28.6. The molecule has 4 aliphatic rings. The van der Waals surface area contributed by atoms with Crippen LogP contribution in [0.1, 0.15) is 119 Å². The van der Waals surface area contributed by atoms with Gasteiger partial charge in [-0.15, -0.1) is 0 Å². The molecule has 8 rings (SSSR count). The van der Waals surface area contributed by atoms with E-state index in [9.17, 15) is 34.8 Å². The number of aliphatic hydroxyl groups is 4. The molecular formula is C53H78Cl2N8O23P2. The molecule has 4 fully saturated rings. The minimum Gasteiger partial charge on any atom is -0.432 e. The lowest BCUT2D eigenvalue weighted by Gasteiger charge is -2.34. The summed E-state index contributed by atoms with van der Waals surface area (Å²) in [5.74, 6) is -2.88. The Morgan fingerprint density at radius 2 is 0.966 bits per heavy atom. The minimum absolute atomic E-state index is 0.110. The SMILES string of the molecule is COC([C@@H]1O[C@@H](n2ccc3c(NC4CCCC4)nc(Cl)nc32)[C@H](O)[C@@H]1O)P(=O)(OCOC(=O)OC(C)C)OCC(C)(C)OC(=O)OC(C)(C)COP(=O)(OCOC(=O)OC(C)C)C(OC)[C@@H]1O[C@@H](n2ccc3c(NC4CCCC4)nc(Cl)nc32)[C@H](O)[C@@H]1O. The Hall–Kier alpha value is -4.79. The number of halogens is 2. The Balaban J connectivity index is 0.959. The van der Waals surface area contributed by atoms with E-state index in [1.165, 1.54) is 36.8 Å². The summed E-state index contributed by atoms with van der Waals surface area (Å²) in [6.45, 7) is 7.84. The van der Waals surface area contributed by atoms with Gasteiger partial charge in [0.05, 0.1) is 36.2 Å². The maximum Gasteiger partial charge on any atom is 0.510 e. The van der Waals surface area contributed by atoms with Gasteiger partial charge >= 0.3 is 33.7 Å². The molecule has 31 nitrogen and oxygen atoms in total. The molecule has 6 N–H and O–H groups in total. The smallest absolute Gasteiger partial charge is 0.432 e. The second-order valence-electron chi connectivity index (χ2n) is 23.3. The average molecular weight is 1330 g/mol. The number of methoxy groups -OCH3 is 2. The zero-order valence-corrected chi connectivity index (χ0v) is 53.6. The third kappa shape index (κ3) is 16.6. The molecule has 2 aliphatic heterocycles. The molecule has 88 heavy (non-hydrogen) atoms. The van der Waals surface area contributed by atoms with E-state index in [1.54, 1.807) is 52.2 Å². The highest BCUT2D eigenvalue weighted by molar-refractivity contribution is 7.54. The average Bonchev–Trinajstić information content (AvgIpc) is 2.25. The van der Waals surface area contributed by atoms with Gasteiger partial charge in [0.1, 0.15) is 70.8 Å². The van der Waals surface area contributed by atoms with Crippen LogP contribution in [0.3, 0.4) is 0 Å². The molecule has 0 aromatic carbocycles. The number of nitrogens with zero attached hydrogens (tertiary/aromatic N) is 6. The van der Waals surface area contributed by atoms with Crippen LogP contribution in [0.4, 0.5) is 26.0 Å². The molecule has 492 valence electrons. The van der Waals surface area contributed by atoms with Crippen molar-refractivity contribution in [2.75, 3.05) is 51.7 Å². The quantitative estimate of drug-likeness (QED) is 0.0102. The molecule has 4 aromatic rings. The van der Waals surface area contributed by atoms with Crippen LogP contribution in [0.2, 0.25) is 10.6 Å². The number of hydrogen-bond acceptors (Lipinski definition) is 29. The van der Waals surface area contributed by atoms with Crippen LogP contribution in [-0.2, 0) is 74.6 Å². The van der Waals surface area contributed by atoms with Crippen molar-refractivity contribution >= 4 is 90.6 Å². The summed E-state index contributed by atoms with van der Waals surface area (Å²) in [7, 11) is -7.70. The van der Waals surface area contributed by atoms with Crippen LogP contribution in [-0.4, -0.2) is 193 Å². The largest absolute Gasteiger partial charge is 0.510 e. The first-order chi connectivity index (χ1) is 41.5. The first-order valence-corrected chi connectivity index (χ1v) is 32.6. The Kier molecular flexibility index (Phi) is 22.9. The van der Waals surface area contributed by atoms with Gasteiger partial charge in [-0.25, -0.2) is 24.4 Å². The Morgan fingerprint density at radius 3 is 1.31 bits per heavy atom. The summed E-state index contributed by atoms with van der Waals surface area (Å²) in [4.78, 5) is 56.1. The molecule has 6 heterocycles. The van der Waals surface area contributed by atoms with Crippen LogP contribution in [0.15, 0.2) is 24.5 Å². The van der Waals surface area contributed by atoms with Gasteiger partial charge in [-0.1, -0.05) is 25.7 Å². The Labute approximate surface area is 516 Å². The molecule has 2 saturated carbocycles. The summed E-state index contributed by atoms with van der Waals surface area (Å²) in [5, 5.41) is 54.0. The number of rotatable bonds is 28. The molecule has 0 spiro atoms. The molecule has 12 atom stereocenters. The van der Waals surface area contributed by atoms with Crippen molar-refractivity contribution in [3.05, 3.63) is 35.1 Å². The Morgan fingerprint density at radius 1 is 0.602 bits per heavy atom. The van der Waals surface area contributed by atoms with Crippen molar-refractivity contribution in [1.29, 1.82) is 0 Å². The molecule has 0 bridgehead atoms. The summed E-state index contributed by atoms with van der Waals surface area (Å²) in [6, 6.07) is 3.65. The monoisotopic (exact) mass is 1330 g/mol. The van der Waals surface area contributed by atoms with E-state index in [0.717, 1.165) is 65.6 Å². The van der Waals surface area contributed by atoms with Gasteiger partial charge in [-0.3, -0.25) is 18.2 Å². The van der Waals surface area contributed by atoms with Crippen LogP contribution in [0.25, 0.3) is 22.1 Å². The summed E-state index contributed by atoms with van der Waals surface area (Å²) in [5.41, 5.74) is -3.12. The fraction of sp³-hybridized carbons (Fsp3) is 0.717. The van der Waals surface area contributed by atoms with E-state index in [1.807, 2.05) is 0 Å². The van der Waals surface area contributed by atoms with Gasteiger partial charge in [-0.05, 0) is 116 Å². The molecule has 35 heteroatoms. The number of nitrogens with one attached hydrogen (secondary N) is 2. The van der Waals surface area contributed by atoms with Crippen LogP contribution >= 0.6 is 38.4 Å². The van der Waals surface area contributed by atoms with Gasteiger partial charge in [0, 0.05) is 38.7 Å². The second kappa shape index (κ2) is 29.2. The van der Waals surface area contributed by atoms with Crippen molar-refractivity contribution in [3.8, 4) is 0 Å². The fourth-order valence-electron chi connectivity index (χ4n) is 10.5. The number of carbonyl (C=O) groups excluding carboxylic acids is 3. The highest BCUT2D eigenvalue weighted by Crippen LogP contribution is 2.59. The van der Waals surface area contributed by atoms with Crippen molar-refractivity contribution < 1.29 is 109 Å². The lowest BCUT2D eigenvalue weighted by Crippen LogP contribution is -2.42. The summed E-state index contributed by atoms with van der Waals surface area (Å²) < 4.78 is 111. The predicted molar refractivity (Wildman–Crippen MR) is 310 cm³/mol. The molecule has 2 aliphatic carbocycles. The molecule has 4 aromatic heterocycles. The van der Waals surface area contributed by atoms with E-state index in [2.05, 4.69) is 30.6 Å². The van der Waals surface area contributed by atoms with E-state index < -0.39 is 145 Å². The molecule has 0 amide bonds. The topological polar surface area (TPSA) is 381 Å². The number of aromatic nitrogens is 6. The number of carbonyl (C=O) groups is 3. The lowest BCUT2D eigenvalue weighted by molar-refractivity contribution is -0.0998. The van der Waals surface area contributed by atoms with Gasteiger partial charge in [-0.2, -0.15) is 9.97 Å². The Bertz CT molecular complexity index is 2940. The number of anilines is 2. The lowest BCUT2D eigenvalue weighted by atomic mass is 10.1. The van der Waals surface area contributed by atoms with Gasteiger partial charge < -0.3 is 96.6 Å². The van der Waals surface area contributed by atoms with Crippen LogP contribution in [0.5, 0.6) is 0 Å². The van der Waals surface area contributed by atoms with Crippen LogP contribution in [0, 0.1) is 0 Å². The molecule has 0 radical (unpaired) electrons. The van der Waals surface area contributed by atoms with E-state index in [-0.39, 0.29) is 33.9 Å². The zero-order valence-electron chi connectivity index (χ0n) is 50.3. The minimum atomic E-state index is -4.94. The predicted octanol–water partition coefficient (Wildman–Crippen LogP) is 8.28. The third-order valence-electron chi connectivity index (χ3n) is 14.6. The molecule has 4 unspecified atom stereocenters. The fourth-order valence-corrected chi connectivity index (χ4v) is 14.7. The van der Waals surface area contributed by atoms with Crippen molar-refractivity contribution in [2.45, 2.75) is 203 Å². The van der Waals surface area contributed by atoms with Crippen molar-refractivity contribution in [1.82, 2.24) is 29.1 Å². The van der Waals surface area contributed by atoms with E-state index in [0.29, 0.717) is 22.4 Å². The first kappa shape index (κ1) is 69.1. The van der Waals surface area contributed by atoms with Gasteiger partial charge in [0.25, 0.3) is 0 Å². The second-order valence-corrected chi connectivity index (χ2v) is 28.2. The maximum absolute atomic E-state index is 15.1. The zero-order chi connectivity index (χ0) is 64.0. The van der Waals surface area contributed by atoms with Crippen molar-refractivity contribution in [3.63, 3.8) is 0 Å². The molecule has 2 saturated heterocycles. The van der Waals surface area contributed by atoms with Crippen LogP contribution < -0.4 is 10.6 Å². The van der Waals surface area contributed by atoms with E-state index in [4.69, 9.17) is 88.7 Å². The number of fused-ring (bicyclic) bond motifs is 2. The normalized spacial score (nSPS) is 25.0. The van der Waals surface area contributed by atoms with E-state index >= 15 is 9.13 Å². The number of hydrogen-bond donors (Lipinski definition) is 6. The maximum atomic E-state index is 15.1. The standard InChI is InChI=1S/C53H78Cl2N8O23P2/c1-27(2)81-49(68)75-25-79-87(71,45(73-9)37-33(64)35(66)43(83-37)62-21-19-31-39(56-29-15-11-12-16-29)58-47(54)60-41(31)62)77-23-52(5,6)85-51(70)86-53(7,8)24-78-88(72,80-26-76-50(69)82-28(3)4)46(74-10)38-34(65)36(67)44(84-38)63-22-20-32-40(57-30-17-13-14-18-30)59-48(55)61-42(32)63/h19-22,27-30,33-38,43-46,64-67H,11-18,23-26H2,1-10H3,(H,56,58,60)(H,57,59,61)/t33-,34-,35+,36+,37+,38+,43+,44+,45?,46?,87?,88?/m0/s1. The van der Waals surface area contributed by atoms with Crippen molar-refractivity contribution in [2.24, 2.45) is 0 Å². The third-order valence-corrected chi connectivity index (χ3v) is 19.1. The summed E-state index contributed by atoms with van der Waals surface area (Å²) in [6.07, 6.45) is -7.39. The number of aliphatic hydroxyl groups excluding tert-OH is 4. The summed E-state index contributed by atoms with van der Waals surface area (Å²) >= 11 is 12.8.